The molecule has 6 rings (SSSR count). The van der Waals surface area contributed by atoms with E-state index in [2.05, 4.69) is 21.3 Å². The minimum atomic E-state index is -1.98. The summed E-state index contributed by atoms with van der Waals surface area (Å²) < 4.78 is 74.5. The molecule has 3 aromatic rings. The molecule has 27 heteroatoms. The molecule has 0 spiro atoms. The standard InChI is InChI=1S/C80H115F4N9O14/c1-16-47(8)73(91(13)78(102)58(44(2)3)41-62(96)72(46(6)7)90(11)12)63(105-14)42-66(99)92-35-21-25-59(92)74(106-15)48(9)60(94)40-53(36-50-22-18-17-19-23-50)76(100)87-43-51-26-28-55(29-27-51)88-77(101)52(24-20-34-86-80(85)104)39-61(95)71(45(4)5)89-64(97)32-33-65(98)93-56-30-31-57(93)38-54(37-56)79(103)107-75-68(82)49(10)67(81)69(83)70(75)84/h17-19,22-23,26-29,44-48,52-54,56-59,63,71-74H,16,20-21,24-25,30-43H2,1-15H3,(H,87,100)(H,88,101)(H,89,97)(H3,85,86,104)/t47-,48-,52+,53+,54?,56?,57?,58-,59-,63+,71-,72-,73-,74+/m0/s1. The number of halogens is 4. The maximum Gasteiger partial charge on any atom is 0.314 e. The van der Waals surface area contributed by atoms with E-state index in [4.69, 9.17) is 19.9 Å². The molecule has 3 heterocycles. The number of carbonyl (C=O) groups excluding carboxylic acids is 11. The Morgan fingerprint density at radius 2 is 1.30 bits per heavy atom. The first-order valence-corrected chi connectivity index (χ1v) is 37.8. The highest BCUT2D eigenvalue weighted by Crippen LogP contribution is 2.41. The molecule has 3 saturated heterocycles. The molecule has 2 bridgehead atoms. The van der Waals surface area contributed by atoms with Crippen LogP contribution in [0.5, 0.6) is 5.75 Å². The molecule has 107 heavy (non-hydrogen) atoms. The number of ether oxygens (including phenoxy) is 3. The number of nitrogens with zero attached hydrogens (tertiary/aromatic N) is 4. The van der Waals surface area contributed by atoms with Gasteiger partial charge in [-0.1, -0.05) is 111 Å². The summed E-state index contributed by atoms with van der Waals surface area (Å²) in [4.78, 5) is 159. The van der Waals surface area contributed by atoms with Crippen molar-refractivity contribution in [3.05, 3.63) is 94.6 Å². The average Bonchev–Trinajstić information content (AvgIpc) is 1.74. The molecule has 3 aliphatic rings. The van der Waals surface area contributed by atoms with Gasteiger partial charge in [-0.3, -0.25) is 52.8 Å². The zero-order valence-corrected chi connectivity index (χ0v) is 65.0. The molecule has 13 atom stereocenters. The third-order valence-electron chi connectivity index (χ3n) is 22.0. The van der Waals surface area contributed by atoms with Crippen LogP contribution in [0.1, 0.15) is 175 Å². The Hall–Kier alpha value is -8.17. The molecule has 0 aromatic heterocycles. The van der Waals surface area contributed by atoms with Gasteiger partial charge in [-0.2, -0.15) is 4.39 Å². The monoisotopic (exact) mass is 1500 g/mol. The maximum atomic E-state index is 14.7. The van der Waals surface area contributed by atoms with Crippen molar-refractivity contribution < 1.29 is 84.5 Å². The highest BCUT2D eigenvalue weighted by molar-refractivity contribution is 5.98. The lowest BCUT2D eigenvalue weighted by molar-refractivity contribution is -0.149. The quantitative estimate of drug-likeness (QED) is 0.00881. The Bertz CT molecular complexity index is 3530. The molecule has 592 valence electrons. The SMILES string of the molecule is CC[C@H](C)[C@@H]([C@@H](CC(=O)N1CCC[C@H]1[C@H](OC)[C@@H](C)C(=O)C[C@@H](Cc1ccccc1)C(=O)NCc1ccc(NC(=O)[C@H](CCCNC(N)=O)CC(=O)[C@@H](NC(=O)CCC(=O)N2C3CCC2CC(C(=O)Oc2c(F)c(C)c(F)c(F)c2F)C3)C(C)C)cc1)OC)N(C)C(=O)[C@@H](CC(=O)[C@H](C(C)C)N(C)C)C(C)C. The fraction of sp³-hybridized carbons (Fsp3) is 0.637. The van der Waals surface area contributed by atoms with E-state index >= 15 is 0 Å². The van der Waals surface area contributed by atoms with Gasteiger partial charge >= 0.3 is 12.0 Å². The molecule has 0 saturated carbocycles. The van der Waals surface area contributed by atoms with Crippen molar-refractivity contribution >= 4 is 70.5 Å². The number of benzene rings is 3. The Morgan fingerprint density at radius 1 is 0.664 bits per heavy atom. The molecule has 23 nitrogen and oxygen atoms in total. The van der Waals surface area contributed by atoms with Crippen molar-refractivity contribution in [2.45, 2.75) is 227 Å². The van der Waals surface area contributed by atoms with Gasteiger partial charge in [-0.25, -0.2) is 18.0 Å². The summed E-state index contributed by atoms with van der Waals surface area (Å²) in [6, 6.07) is 11.9. The highest BCUT2D eigenvalue weighted by atomic mass is 19.2. The second-order valence-electron chi connectivity index (χ2n) is 30.8. The van der Waals surface area contributed by atoms with Crippen molar-refractivity contribution in [3.63, 3.8) is 0 Å². The average molecular weight is 1500 g/mol. The Balaban J connectivity index is 1.05. The lowest BCUT2D eigenvalue weighted by Gasteiger charge is -2.41. The number of fused-ring (bicyclic) bond motifs is 2. The van der Waals surface area contributed by atoms with Crippen molar-refractivity contribution in [1.82, 2.24) is 35.6 Å². The van der Waals surface area contributed by atoms with Crippen molar-refractivity contribution in [1.29, 1.82) is 0 Å². The predicted molar refractivity (Wildman–Crippen MR) is 396 cm³/mol. The Labute approximate surface area is 628 Å². The smallest absolute Gasteiger partial charge is 0.314 e. The Morgan fingerprint density at radius 3 is 1.87 bits per heavy atom. The number of anilines is 1. The normalized spacial score (nSPS) is 19.2. The second-order valence-corrected chi connectivity index (χ2v) is 30.8. The van der Waals surface area contributed by atoms with Crippen LogP contribution in [-0.2, 0) is 70.4 Å². The van der Waals surface area contributed by atoms with E-state index in [9.17, 15) is 70.3 Å². The Kier molecular flexibility index (Phi) is 33.5. The summed E-state index contributed by atoms with van der Waals surface area (Å²) in [7, 11) is 8.53. The van der Waals surface area contributed by atoms with Crippen LogP contribution in [0.15, 0.2) is 54.6 Å². The fourth-order valence-corrected chi connectivity index (χ4v) is 15.9. The number of esters is 1. The van der Waals surface area contributed by atoms with Crippen LogP contribution in [0.3, 0.4) is 0 Å². The summed E-state index contributed by atoms with van der Waals surface area (Å²) in [5, 5.41) is 11.1. The number of methoxy groups -OCH3 is 2. The third kappa shape index (κ3) is 23.4. The molecule has 3 aromatic carbocycles. The first kappa shape index (κ1) is 87.7. The number of nitrogens with two attached hydrogens (primary N) is 1. The van der Waals surface area contributed by atoms with E-state index < -0.39 is 148 Å². The number of likely N-dealkylation sites (N-methyl/N-ethyl adjacent to an activating group) is 2. The third-order valence-corrected chi connectivity index (χ3v) is 22.0. The first-order valence-electron chi connectivity index (χ1n) is 37.8. The van der Waals surface area contributed by atoms with E-state index in [1.807, 2.05) is 90.9 Å². The molecule has 6 N–H and O–H groups in total. The molecule has 8 amide bonds. The van der Waals surface area contributed by atoms with Crippen LogP contribution in [0.2, 0.25) is 0 Å². The van der Waals surface area contributed by atoms with Crippen molar-refractivity contribution in [2.75, 3.05) is 53.8 Å². The van der Waals surface area contributed by atoms with Gasteiger partial charge in [-0.15, -0.1) is 0 Å². The lowest BCUT2D eigenvalue weighted by atomic mass is 9.83. The van der Waals surface area contributed by atoms with E-state index in [1.54, 1.807) is 73.9 Å². The van der Waals surface area contributed by atoms with Gasteiger partial charge in [0.05, 0.1) is 48.7 Å². The number of nitrogens with one attached hydrogen (secondary N) is 4. The molecule has 3 aliphatic heterocycles. The topological polar surface area (TPSA) is 303 Å². The minimum absolute atomic E-state index is 0.000499. The lowest BCUT2D eigenvalue weighted by Crippen LogP contribution is -2.54. The number of hydrogen-bond donors (Lipinski definition) is 5. The van der Waals surface area contributed by atoms with Gasteiger partial charge in [-0.05, 0) is 126 Å². The molecule has 3 fully saturated rings. The number of likely N-dealkylation sites (tertiary alicyclic amines) is 1. The van der Waals surface area contributed by atoms with Crippen LogP contribution in [-0.4, -0.2) is 181 Å². The van der Waals surface area contributed by atoms with Crippen molar-refractivity contribution in [2.24, 2.45) is 59.0 Å². The van der Waals surface area contributed by atoms with E-state index in [-0.39, 0.29) is 137 Å². The molecular formula is C80H115F4N9O14. The fourth-order valence-electron chi connectivity index (χ4n) is 15.9. The number of amides is 8. The maximum absolute atomic E-state index is 14.7. The van der Waals surface area contributed by atoms with E-state index in [1.165, 1.54) is 7.11 Å². The summed E-state index contributed by atoms with van der Waals surface area (Å²) in [6.45, 7) is 18.6. The number of hydrogen-bond acceptors (Lipinski definition) is 15. The summed E-state index contributed by atoms with van der Waals surface area (Å²) in [5.41, 5.74) is 6.30. The molecule has 0 aliphatic carbocycles. The van der Waals surface area contributed by atoms with Gasteiger partial charge in [0.15, 0.2) is 29.0 Å². The van der Waals surface area contributed by atoms with Gasteiger partial charge in [0.1, 0.15) is 5.78 Å². The predicted octanol–water partition coefficient (Wildman–Crippen LogP) is 9.98. The number of carbonyl (C=O) groups is 11. The number of primary amides is 1. The highest BCUT2D eigenvalue weighted by Gasteiger charge is 2.48. The second kappa shape index (κ2) is 40.9. The zero-order chi connectivity index (χ0) is 79.4. The van der Waals surface area contributed by atoms with Crippen LogP contribution < -0.4 is 31.7 Å². The number of piperidine rings is 1. The number of urea groups is 1. The van der Waals surface area contributed by atoms with E-state index in [0.717, 1.165) is 12.5 Å². The summed E-state index contributed by atoms with van der Waals surface area (Å²) in [6.07, 6.45) is 1.22. The minimum Gasteiger partial charge on any atom is -0.420 e. The van der Waals surface area contributed by atoms with Crippen molar-refractivity contribution in [3.8, 4) is 5.75 Å². The van der Waals surface area contributed by atoms with Gasteiger partial charge < -0.3 is 55.9 Å². The largest absolute Gasteiger partial charge is 0.420 e. The van der Waals surface area contributed by atoms with Crippen LogP contribution in [0.4, 0.5) is 28.0 Å². The first-order chi connectivity index (χ1) is 50.5. The molecular weight excluding hydrogens is 1390 g/mol. The van der Waals surface area contributed by atoms with Crippen LogP contribution in [0.25, 0.3) is 0 Å². The van der Waals surface area contributed by atoms with Crippen LogP contribution in [0, 0.1) is 83.5 Å². The molecule has 0 radical (unpaired) electrons. The number of rotatable bonds is 41. The van der Waals surface area contributed by atoms with Gasteiger partial charge in [0, 0.05) is 120 Å². The van der Waals surface area contributed by atoms with Crippen LogP contribution >= 0.6 is 0 Å². The number of Topliss-reactive ketones (excluding diaryl/α,β-unsaturated/α-hetero) is 3. The number of ketones is 3. The summed E-state index contributed by atoms with van der Waals surface area (Å²) >= 11 is 0. The van der Waals surface area contributed by atoms with Gasteiger partial charge in [0.25, 0.3) is 0 Å². The van der Waals surface area contributed by atoms with Gasteiger partial charge in [0.2, 0.25) is 47.0 Å². The zero-order valence-electron chi connectivity index (χ0n) is 65.0. The van der Waals surface area contributed by atoms with E-state index in [0.29, 0.717) is 49.9 Å². The molecule has 2 unspecified atom stereocenters. The summed E-state index contributed by atoms with van der Waals surface area (Å²) in [5.74, 6) is -17.3.